The van der Waals surface area contributed by atoms with Crippen LogP contribution in [0, 0.1) is 0 Å². The van der Waals surface area contributed by atoms with Gasteiger partial charge in [0.25, 0.3) is 5.91 Å². The summed E-state index contributed by atoms with van der Waals surface area (Å²) < 4.78 is 44.5. The molecule has 3 aromatic rings. The average Bonchev–Trinajstić information content (AvgIpc) is 2.68. The molecule has 0 bridgehead atoms. The van der Waals surface area contributed by atoms with Gasteiger partial charge in [0.05, 0.1) is 15.6 Å². The zero-order valence-corrected chi connectivity index (χ0v) is 17.3. The summed E-state index contributed by atoms with van der Waals surface area (Å²) >= 11 is 17.5. The van der Waals surface area contributed by atoms with Gasteiger partial charge >= 0.3 is 6.18 Å². The molecule has 0 aliphatic carbocycles. The second-order valence-electron chi connectivity index (χ2n) is 6.21. The molecule has 0 spiro atoms. The second-order valence-corrected chi connectivity index (χ2v) is 7.46. The van der Waals surface area contributed by atoms with Gasteiger partial charge in [0.1, 0.15) is 12.4 Å². The van der Waals surface area contributed by atoms with Crippen LogP contribution in [0.15, 0.2) is 60.7 Å². The molecule has 0 aliphatic heterocycles. The monoisotopic (exact) mass is 473 g/mol. The molecule has 3 nitrogen and oxygen atoms in total. The number of hydrogen-bond acceptors (Lipinski definition) is 2. The summed E-state index contributed by atoms with van der Waals surface area (Å²) in [6.45, 7) is 0.204. The molecule has 0 aliphatic rings. The van der Waals surface area contributed by atoms with Crippen molar-refractivity contribution >= 4 is 46.4 Å². The molecule has 0 saturated carbocycles. The first kappa shape index (κ1) is 22.3. The van der Waals surface area contributed by atoms with E-state index in [2.05, 4.69) is 5.32 Å². The van der Waals surface area contributed by atoms with E-state index in [9.17, 15) is 18.0 Å². The van der Waals surface area contributed by atoms with Gasteiger partial charge in [-0.15, -0.1) is 0 Å². The van der Waals surface area contributed by atoms with Crippen LogP contribution in [0.5, 0.6) is 5.75 Å². The lowest BCUT2D eigenvalue weighted by Crippen LogP contribution is -2.13. The number of carbonyl (C=O) groups excluding carboxylic acids is 1. The first-order chi connectivity index (χ1) is 14.1. The summed E-state index contributed by atoms with van der Waals surface area (Å²) in [6, 6.07) is 14.5. The smallest absolute Gasteiger partial charge is 0.417 e. The Morgan fingerprint density at radius 2 is 1.60 bits per heavy atom. The molecule has 0 aromatic heterocycles. The van der Waals surface area contributed by atoms with E-state index in [1.807, 2.05) is 0 Å². The number of anilines is 1. The van der Waals surface area contributed by atoms with Crippen LogP contribution in [0.3, 0.4) is 0 Å². The van der Waals surface area contributed by atoms with E-state index in [-0.39, 0.29) is 17.9 Å². The van der Waals surface area contributed by atoms with Gasteiger partial charge in [0.2, 0.25) is 0 Å². The highest BCUT2D eigenvalue weighted by molar-refractivity contribution is 6.35. The highest BCUT2D eigenvalue weighted by Crippen LogP contribution is 2.36. The largest absolute Gasteiger partial charge is 0.487 e. The van der Waals surface area contributed by atoms with Crippen LogP contribution >= 0.6 is 34.8 Å². The van der Waals surface area contributed by atoms with E-state index >= 15 is 0 Å². The van der Waals surface area contributed by atoms with Crippen molar-refractivity contribution in [1.82, 2.24) is 0 Å². The number of ether oxygens (including phenoxy) is 1. The summed E-state index contributed by atoms with van der Waals surface area (Å²) in [4.78, 5) is 12.3. The number of rotatable bonds is 5. The van der Waals surface area contributed by atoms with Gasteiger partial charge in [0, 0.05) is 16.3 Å². The normalized spacial score (nSPS) is 11.3. The van der Waals surface area contributed by atoms with Crippen LogP contribution in [0.25, 0.3) is 0 Å². The van der Waals surface area contributed by atoms with Gasteiger partial charge in [-0.05, 0) is 54.1 Å². The Balaban J connectivity index is 1.65. The minimum absolute atomic E-state index is 0.0125. The average molecular weight is 475 g/mol. The minimum atomic E-state index is -4.62. The lowest BCUT2D eigenvalue weighted by Gasteiger charge is -2.12. The van der Waals surface area contributed by atoms with E-state index in [1.54, 1.807) is 30.3 Å². The standard InChI is InChI=1S/C21H13Cl3F3NO2/c22-14-5-8-19(18(24)9-14)30-11-12-1-3-13(4-2-12)20(29)28-15-6-7-17(23)16(10-15)21(25,26)27/h1-10H,11H2,(H,28,29). The zero-order chi connectivity index (χ0) is 21.9. The van der Waals surface area contributed by atoms with E-state index in [0.29, 0.717) is 15.8 Å². The topological polar surface area (TPSA) is 38.3 Å². The van der Waals surface area contributed by atoms with Crippen molar-refractivity contribution in [3.05, 3.63) is 92.4 Å². The van der Waals surface area contributed by atoms with Crippen LogP contribution in [0.4, 0.5) is 18.9 Å². The highest BCUT2D eigenvalue weighted by atomic mass is 35.5. The van der Waals surface area contributed by atoms with E-state index in [4.69, 9.17) is 39.5 Å². The molecule has 9 heteroatoms. The first-order valence-corrected chi connectivity index (χ1v) is 9.62. The van der Waals surface area contributed by atoms with E-state index < -0.39 is 22.7 Å². The van der Waals surface area contributed by atoms with Crippen molar-refractivity contribution in [3.8, 4) is 5.75 Å². The molecule has 156 valence electrons. The van der Waals surface area contributed by atoms with Crippen molar-refractivity contribution in [2.24, 2.45) is 0 Å². The molecule has 0 atom stereocenters. The molecule has 0 saturated heterocycles. The van der Waals surface area contributed by atoms with Gasteiger partial charge in [-0.2, -0.15) is 13.2 Å². The van der Waals surface area contributed by atoms with E-state index in [1.165, 1.54) is 18.2 Å². The molecule has 0 fully saturated rings. The Morgan fingerprint density at radius 1 is 0.900 bits per heavy atom. The molecule has 1 N–H and O–H groups in total. The Morgan fingerprint density at radius 3 is 2.23 bits per heavy atom. The number of alkyl halides is 3. The van der Waals surface area contributed by atoms with Crippen LogP contribution < -0.4 is 10.1 Å². The third-order valence-corrected chi connectivity index (χ3v) is 4.89. The minimum Gasteiger partial charge on any atom is -0.487 e. The van der Waals surface area contributed by atoms with Crippen molar-refractivity contribution < 1.29 is 22.7 Å². The lowest BCUT2D eigenvalue weighted by atomic mass is 10.1. The maximum atomic E-state index is 12.9. The zero-order valence-electron chi connectivity index (χ0n) is 15.1. The fourth-order valence-electron chi connectivity index (χ4n) is 2.53. The fraction of sp³-hybridized carbons (Fsp3) is 0.0952. The molecule has 0 heterocycles. The molecular formula is C21H13Cl3F3NO2. The summed E-state index contributed by atoms with van der Waals surface area (Å²) in [5.74, 6) is -0.0928. The maximum absolute atomic E-state index is 12.9. The number of carbonyl (C=O) groups is 1. The third-order valence-electron chi connectivity index (χ3n) is 4.03. The van der Waals surface area contributed by atoms with Gasteiger partial charge in [-0.3, -0.25) is 4.79 Å². The molecule has 3 aromatic carbocycles. The number of halogens is 6. The van der Waals surface area contributed by atoms with Gasteiger partial charge in [0.15, 0.2) is 0 Å². The number of hydrogen-bond donors (Lipinski definition) is 1. The molecule has 0 unspecified atom stereocenters. The van der Waals surface area contributed by atoms with Crippen LogP contribution in [-0.4, -0.2) is 5.91 Å². The molecular weight excluding hydrogens is 462 g/mol. The van der Waals surface area contributed by atoms with Crippen molar-refractivity contribution in [2.75, 3.05) is 5.32 Å². The molecule has 30 heavy (non-hydrogen) atoms. The highest BCUT2D eigenvalue weighted by Gasteiger charge is 2.33. The SMILES string of the molecule is O=C(Nc1ccc(Cl)c(C(F)(F)F)c1)c1ccc(COc2ccc(Cl)cc2Cl)cc1. The van der Waals surface area contributed by atoms with Crippen molar-refractivity contribution in [1.29, 1.82) is 0 Å². The lowest BCUT2D eigenvalue weighted by molar-refractivity contribution is -0.137. The Kier molecular flexibility index (Phi) is 6.81. The maximum Gasteiger partial charge on any atom is 0.417 e. The summed E-state index contributed by atoms with van der Waals surface area (Å²) in [7, 11) is 0. The van der Waals surface area contributed by atoms with Crippen molar-refractivity contribution in [3.63, 3.8) is 0 Å². The third kappa shape index (κ3) is 5.59. The van der Waals surface area contributed by atoms with Gasteiger partial charge < -0.3 is 10.1 Å². The second kappa shape index (κ2) is 9.16. The molecule has 3 rings (SSSR count). The predicted molar refractivity (Wildman–Crippen MR) is 112 cm³/mol. The Bertz CT molecular complexity index is 1070. The molecule has 0 radical (unpaired) electrons. The van der Waals surface area contributed by atoms with Crippen LogP contribution in [-0.2, 0) is 12.8 Å². The van der Waals surface area contributed by atoms with E-state index in [0.717, 1.165) is 17.7 Å². The van der Waals surface area contributed by atoms with Gasteiger partial charge in [-0.25, -0.2) is 0 Å². The Hall–Kier alpha value is -2.41. The predicted octanol–water partition coefficient (Wildman–Crippen LogP) is 7.50. The van der Waals surface area contributed by atoms with Crippen molar-refractivity contribution in [2.45, 2.75) is 12.8 Å². The number of benzene rings is 3. The molecule has 1 amide bonds. The summed E-state index contributed by atoms with van der Waals surface area (Å²) in [6.07, 6.45) is -4.62. The first-order valence-electron chi connectivity index (χ1n) is 8.48. The summed E-state index contributed by atoms with van der Waals surface area (Å²) in [5, 5.41) is 2.86. The van der Waals surface area contributed by atoms with Gasteiger partial charge in [-0.1, -0.05) is 46.9 Å². The quantitative estimate of drug-likeness (QED) is 0.416. The fourth-order valence-corrected chi connectivity index (χ4v) is 3.22. The van der Waals surface area contributed by atoms with Crippen LogP contribution in [0.1, 0.15) is 21.5 Å². The Labute approximate surface area is 185 Å². The van der Waals surface area contributed by atoms with Crippen LogP contribution in [0.2, 0.25) is 15.1 Å². The number of nitrogens with one attached hydrogen (secondary N) is 1. The summed E-state index contributed by atoms with van der Waals surface area (Å²) in [5.41, 5.74) is 0.00652. The number of amides is 1.